The van der Waals surface area contributed by atoms with E-state index >= 15 is 0 Å². The van der Waals surface area contributed by atoms with Crippen LogP contribution in [0.1, 0.15) is 5.56 Å². The molecule has 0 saturated heterocycles. The number of hydrogen-bond acceptors (Lipinski definition) is 5. The summed E-state index contributed by atoms with van der Waals surface area (Å²) in [6, 6.07) is 16.4. The van der Waals surface area contributed by atoms with Gasteiger partial charge >= 0.3 is 0 Å². The first-order valence-corrected chi connectivity index (χ1v) is 10.8. The van der Waals surface area contributed by atoms with Crippen molar-refractivity contribution in [2.24, 2.45) is 0 Å². The van der Waals surface area contributed by atoms with Crippen LogP contribution in [0.15, 0.2) is 71.0 Å². The van der Waals surface area contributed by atoms with E-state index in [-0.39, 0.29) is 24.6 Å². The molecule has 1 amide bonds. The number of rotatable bonds is 5. The van der Waals surface area contributed by atoms with E-state index in [1.807, 2.05) is 35.7 Å². The van der Waals surface area contributed by atoms with Crippen molar-refractivity contribution in [2.45, 2.75) is 13.1 Å². The summed E-state index contributed by atoms with van der Waals surface area (Å²) < 4.78 is 2.98. The molecule has 1 N–H and O–H groups in total. The molecule has 0 bridgehead atoms. The number of pyridine rings is 1. The van der Waals surface area contributed by atoms with Gasteiger partial charge in [0.1, 0.15) is 17.8 Å². The molecule has 4 aromatic heterocycles. The standard InChI is InChI=1S/C22H16ClN5O2S/c23-15-6-2-1-5-14(15)12-25-20(29)13-27-17-7-3-9-24-21(17)28-18(22(27)30)11-16(26-28)19-8-4-10-31-19/h1-11H,12-13H2,(H,25,29). The van der Waals surface area contributed by atoms with Crippen LogP contribution in [0.4, 0.5) is 0 Å². The van der Waals surface area contributed by atoms with Crippen molar-refractivity contribution in [2.75, 3.05) is 0 Å². The zero-order valence-corrected chi connectivity index (χ0v) is 17.7. The predicted molar refractivity (Wildman–Crippen MR) is 121 cm³/mol. The highest BCUT2D eigenvalue weighted by Gasteiger charge is 2.17. The van der Waals surface area contributed by atoms with E-state index in [4.69, 9.17) is 11.6 Å². The Labute approximate surface area is 185 Å². The summed E-state index contributed by atoms with van der Waals surface area (Å²) in [7, 11) is 0. The number of fused-ring (bicyclic) bond motifs is 3. The zero-order valence-electron chi connectivity index (χ0n) is 16.2. The van der Waals surface area contributed by atoms with Crippen molar-refractivity contribution < 1.29 is 4.79 Å². The Morgan fingerprint density at radius 1 is 1.10 bits per heavy atom. The normalized spacial score (nSPS) is 11.3. The number of halogens is 1. The molecule has 7 nitrogen and oxygen atoms in total. The van der Waals surface area contributed by atoms with E-state index < -0.39 is 0 Å². The Balaban J connectivity index is 1.53. The van der Waals surface area contributed by atoms with Crippen LogP contribution in [0.3, 0.4) is 0 Å². The maximum absolute atomic E-state index is 13.3. The van der Waals surface area contributed by atoms with Crippen LogP contribution in [-0.4, -0.2) is 25.1 Å². The Bertz CT molecular complexity index is 1470. The Morgan fingerprint density at radius 3 is 2.77 bits per heavy atom. The van der Waals surface area contributed by atoms with Gasteiger partial charge < -0.3 is 5.32 Å². The number of amides is 1. The second kappa shape index (κ2) is 7.98. The molecular weight excluding hydrogens is 434 g/mol. The SMILES string of the molecule is O=C(Cn1c(=O)c2cc(-c3cccs3)nn2c2ncccc21)NCc1ccccc1Cl. The fourth-order valence-corrected chi connectivity index (χ4v) is 4.33. The Kier molecular flexibility index (Phi) is 5.01. The van der Waals surface area contributed by atoms with Crippen molar-refractivity contribution in [3.05, 3.63) is 87.1 Å². The minimum absolute atomic E-state index is 0.137. The number of benzene rings is 1. The minimum atomic E-state index is -0.302. The average Bonchev–Trinajstić information content (AvgIpc) is 3.46. The van der Waals surface area contributed by atoms with E-state index in [0.717, 1.165) is 10.4 Å². The van der Waals surface area contributed by atoms with Crippen molar-refractivity contribution in [1.82, 2.24) is 24.5 Å². The molecule has 4 heterocycles. The maximum Gasteiger partial charge on any atom is 0.277 e. The maximum atomic E-state index is 13.3. The van der Waals surface area contributed by atoms with Gasteiger partial charge in [-0.05, 0) is 41.3 Å². The fraction of sp³-hybridized carbons (Fsp3) is 0.0909. The van der Waals surface area contributed by atoms with Crippen LogP contribution in [0.5, 0.6) is 0 Å². The van der Waals surface area contributed by atoms with Gasteiger partial charge in [-0.15, -0.1) is 11.3 Å². The molecule has 0 spiro atoms. The molecule has 0 radical (unpaired) electrons. The van der Waals surface area contributed by atoms with Gasteiger partial charge in [0.2, 0.25) is 5.91 Å². The summed E-state index contributed by atoms with van der Waals surface area (Å²) in [5.74, 6) is -0.297. The molecule has 31 heavy (non-hydrogen) atoms. The van der Waals surface area contributed by atoms with Gasteiger partial charge in [-0.25, -0.2) is 9.50 Å². The summed E-state index contributed by atoms with van der Waals surface area (Å²) in [6.07, 6.45) is 1.64. The smallest absolute Gasteiger partial charge is 0.277 e. The predicted octanol–water partition coefficient (Wildman–Crippen LogP) is 3.74. The molecular formula is C22H16ClN5O2S. The molecule has 0 atom stereocenters. The Morgan fingerprint density at radius 2 is 1.97 bits per heavy atom. The number of carbonyl (C=O) groups excluding carboxylic acids is 1. The van der Waals surface area contributed by atoms with Crippen LogP contribution in [0.25, 0.3) is 27.3 Å². The van der Waals surface area contributed by atoms with Gasteiger partial charge in [-0.1, -0.05) is 35.9 Å². The van der Waals surface area contributed by atoms with E-state index in [0.29, 0.717) is 27.4 Å². The van der Waals surface area contributed by atoms with Gasteiger partial charge in [-0.3, -0.25) is 14.2 Å². The highest BCUT2D eigenvalue weighted by molar-refractivity contribution is 7.13. The first-order valence-electron chi connectivity index (χ1n) is 9.53. The lowest BCUT2D eigenvalue weighted by atomic mass is 10.2. The highest BCUT2D eigenvalue weighted by atomic mass is 35.5. The second-order valence-electron chi connectivity index (χ2n) is 6.91. The summed E-state index contributed by atoms with van der Waals surface area (Å²) in [6.45, 7) is 0.141. The van der Waals surface area contributed by atoms with Crippen molar-refractivity contribution in [3.63, 3.8) is 0 Å². The average molecular weight is 450 g/mol. The van der Waals surface area contributed by atoms with Gasteiger partial charge in [0, 0.05) is 17.8 Å². The summed E-state index contributed by atoms with van der Waals surface area (Å²) in [5.41, 5.74) is 2.62. The molecule has 0 saturated carbocycles. The molecule has 0 aliphatic carbocycles. The van der Waals surface area contributed by atoms with Crippen molar-refractivity contribution in [3.8, 4) is 10.6 Å². The molecule has 0 aliphatic rings. The first-order chi connectivity index (χ1) is 15.1. The number of nitrogens with one attached hydrogen (secondary N) is 1. The van der Waals surface area contributed by atoms with Gasteiger partial charge in [0.15, 0.2) is 5.65 Å². The lowest BCUT2D eigenvalue weighted by Crippen LogP contribution is -2.33. The number of thiophene rings is 1. The third-order valence-electron chi connectivity index (χ3n) is 4.94. The lowest BCUT2D eigenvalue weighted by Gasteiger charge is -2.12. The Hall–Kier alpha value is -3.49. The van der Waals surface area contributed by atoms with E-state index in [1.165, 1.54) is 4.57 Å². The number of aromatic nitrogens is 4. The molecule has 154 valence electrons. The molecule has 0 unspecified atom stereocenters. The second-order valence-corrected chi connectivity index (χ2v) is 8.26. The molecule has 5 aromatic rings. The first kappa shape index (κ1) is 19.5. The van der Waals surface area contributed by atoms with Crippen molar-refractivity contribution in [1.29, 1.82) is 0 Å². The number of hydrogen-bond donors (Lipinski definition) is 1. The van der Waals surface area contributed by atoms with E-state index in [9.17, 15) is 9.59 Å². The minimum Gasteiger partial charge on any atom is -0.350 e. The van der Waals surface area contributed by atoms with Crippen LogP contribution >= 0.6 is 22.9 Å². The number of nitrogens with zero attached hydrogens (tertiary/aromatic N) is 4. The molecule has 9 heteroatoms. The van der Waals surface area contributed by atoms with Crippen molar-refractivity contribution >= 4 is 45.5 Å². The molecule has 1 aromatic carbocycles. The molecule has 0 aliphatic heterocycles. The quantitative estimate of drug-likeness (QED) is 0.443. The summed E-state index contributed by atoms with van der Waals surface area (Å²) in [5, 5.41) is 9.95. The van der Waals surface area contributed by atoms with E-state index in [2.05, 4.69) is 15.4 Å². The fourth-order valence-electron chi connectivity index (χ4n) is 3.44. The highest BCUT2D eigenvalue weighted by Crippen LogP contribution is 2.25. The third-order valence-corrected chi connectivity index (χ3v) is 6.20. The molecule has 0 fully saturated rings. The third kappa shape index (κ3) is 3.60. The summed E-state index contributed by atoms with van der Waals surface area (Å²) >= 11 is 7.70. The van der Waals surface area contributed by atoms with Crippen LogP contribution in [0.2, 0.25) is 5.02 Å². The zero-order chi connectivity index (χ0) is 21.4. The van der Waals surface area contributed by atoms with Crippen LogP contribution in [0, 0.1) is 0 Å². The van der Waals surface area contributed by atoms with E-state index in [1.54, 1.807) is 46.3 Å². The van der Waals surface area contributed by atoms with Crippen LogP contribution in [-0.2, 0) is 17.9 Å². The summed E-state index contributed by atoms with van der Waals surface area (Å²) in [4.78, 5) is 31.3. The van der Waals surface area contributed by atoms with Gasteiger partial charge in [0.25, 0.3) is 5.56 Å². The van der Waals surface area contributed by atoms with Gasteiger partial charge in [-0.2, -0.15) is 5.10 Å². The van der Waals surface area contributed by atoms with Gasteiger partial charge in [0.05, 0.1) is 10.4 Å². The molecule has 5 rings (SSSR count). The lowest BCUT2D eigenvalue weighted by molar-refractivity contribution is -0.121. The number of carbonyl (C=O) groups is 1. The van der Waals surface area contributed by atoms with Crippen LogP contribution < -0.4 is 10.9 Å². The monoisotopic (exact) mass is 449 g/mol. The largest absolute Gasteiger partial charge is 0.350 e. The topological polar surface area (TPSA) is 81.3 Å².